The van der Waals surface area contributed by atoms with Gasteiger partial charge in [0.1, 0.15) is 6.04 Å². The molecule has 0 fully saturated rings. The van der Waals surface area contributed by atoms with E-state index in [-0.39, 0.29) is 24.1 Å². The molecule has 0 saturated heterocycles. The molecule has 0 radical (unpaired) electrons. The van der Waals surface area contributed by atoms with E-state index in [0.717, 1.165) is 0 Å². The lowest BCUT2D eigenvalue weighted by molar-refractivity contribution is -0.142. The van der Waals surface area contributed by atoms with Crippen molar-refractivity contribution < 1.29 is 23.1 Å². The minimum absolute atomic E-state index is 0.106. The summed E-state index contributed by atoms with van der Waals surface area (Å²) >= 11 is -0.133. The minimum Gasteiger partial charge on any atom is -0.480 e. The molecule has 0 heterocycles. The highest BCUT2D eigenvalue weighted by molar-refractivity contribution is 8.00. The van der Waals surface area contributed by atoms with Crippen LogP contribution < -0.4 is 0 Å². The Kier molecular flexibility index (Phi) is 6.04. The molecular weight excluding hydrogens is 231 g/mol. The van der Waals surface area contributed by atoms with Crippen molar-refractivity contribution in [3.8, 4) is 0 Å². The monoisotopic (exact) mass is 245 g/mol. The molecule has 0 amide bonds. The van der Waals surface area contributed by atoms with E-state index in [1.54, 1.807) is 6.92 Å². The molecule has 90 valence electrons. The van der Waals surface area contributed by atoms with E-state index < -0.39 is 17.5 Å². The van der Waals surface area contributed by atoms with Crippen LogP contribution in [0.3, 0.4) is 0 Å². The molecule has 1 atom stereocenters. The summed E-state index contributed by atoms with van der Waals surface area (Å²) < 4.78 is 35.3. The number of aliphatic carboxylic acids is 1. The lowest BCUT2D eigenvalue weighted by Gasteiger charge is -2.23. The van der Waals surface area contributed by atoms with Crippen molar-refractivity contribution >= 4 is 17.7 Å². The number of carboxylic acid groups (broad SMARTS) is 1. The summed E-state index contributed by atoms with van der Waals surface area (Å²) in [5.41, 5.74) is -4.24. The molecule has 0 aliphatic rings. The summed E-state index contributed by atoms with van der Waals surface area (Å²) in [6, 6.07) is -0.709. The van der Waals surface area contributed by atoms with Crippen molar-refractivity contribution in [2.24, 2.45) is 0 Å². The van der Waals surface area contributed by atoms with Crippen molar-refractivity contribution in [1.82, 2.24) is 4.90 Å². The molecule has 0 aromatic heterocycles. The van der Waals surface area contributed by atoms with Gasteiger partial charge in [0.2, 0.25) is 0 Å². The third-order valence-corrected chi connectivity index (χ3v) is 2.63. The Labute approximate surface area is 90.6 Å². The van der Waals surface area contributed by atoms with Crippen LogP contribution in [0.4, 0.5) is 13.2 Å². The summed E-state index contributed by atoms with van der Waals surface area (Å²) in [6.07, 6.45) is 0.377. The number of hydrogen-bond acceptors (Lipinski definition) is 3. The highest BCUT2D eigenvalue weighted by Crippen LogP contribution is 2.29. The Bertz CT molecular complexity index is 211. The van der Waals surface area contributed by atoms with Crippen LogP contribution in [-0.4, -0.2) is 46.9 Å². The minimum atomic E-state index is -4.24. The first-order valence-electron chi connectivity index (χ1n) is 4.41. The smallest absolute Gasteiger partial charge is 0.441 e. The Morgan fingerprint density at radius 3 is 2.40 bits per heavy atom. The van der Waals surface area contributed by atoms with Crippen LogP contribution in [0.1, 0.15) is 13.3 Å². The summed E-state index contributed by atoms with van der Waals surface area (Å²) in [6.45, 7) is 1.79. The molecule has 0 spiro atoms. The number of rotatable bonds is 6. The zero-order chi connectivity index (χ0) is 12.1. The van der Waals surface area contributed by atoms with Gasteiger partial charge in [0.05, 0.1) is 0 Å². The first kappa shape index (κ1) is 14.6. The Balaban J connectivity index is 3.92. The average Bonchev–Trinajstić information content (AvgIpc) is 2.01. The number of carbonyl (C=O) groups is 1. The van der Waals surface area contributed by atoms with Gasteiger partial charge in [0.25, 0.3) is 0 Å². The molecule has 0 bridgehead atoms. The lowest BCUT2D eigenvalue weighted by atomic mass is 10.2. The van der Waals surface area contributed by atoms with Gasteiger partial charge in [-0.05, 0) is 25.2 Å². The molecular formula is C8H14F3NO2S. The van der Waals surface area contributed by atoms with E-state index in [4.69, 9.17) is 5.11 Å². The van der Waals surface area contributed by atoms with E-state index in [9.17, 15) is 18.0 Å². The van der Waals surface area contributed by atoms with Gasteiger partial charge in [-0.15, -0.1) is 0 Å². The summed E-state index contributed by atoms with van der Waals surface area (Å²) in [5.74, 6) is -1.15. The SMILES string of the molecule is CCC(C(=O)O)N(C)CCSC(F)(F)F. The van der Waals surface area contributed by atoms with Gasteiger partial charge in [0, 0.05) is 12.3 Å². The number of nitrogens with zero attached hydrogens (tertiary/aromatic N) is 1. The Morgan fingerprint density at radius 2 is 2.07 bits per heavy atom. The third-order valence-electron chi connectivity index (χ3n) is 1.91. The quantitative estimate of drug-likeness (QED) is 0.777. The van der Waals surface area contributed by atoms with Crippen molar-refractivity contribution in [3.63, 3.8) is 0 Å². The lowest BCUT2D eigenvalue weighted by Crippen LogP contribution is -2.39. The van der Waals surface area contributed by atoms with Crippen molar-refractivity contribution in [2.75, 3.05) is 19.3 Å². The molecule has 0 saturated carbocycles. The van der Waals surface area contributed by atoms with E-state index >= 15 is 0 Å². The van der Waals surface area contributed by atoms with Gasteiger partial charge in [-0.2, -0.15) is 13.2 Å². The zero-order valence-electron chi connectivity index (χ0n) is 8.54. The van der Waals surface area contributed by atoms with Gasteiger partial charge in [-0.1, -0.05) is 6.92 Å². The van der Waals surface area contributed by atoms with Crippen molar-refractivity contribution in [3.05, 3.63) is 0 Å². The predicted molar refractivity (Wildman–Crippen MR) is 52.9 cm³/mol. The first-order valence-corrected chi connectivity index (χ1v) is 5.40. The molecule has 0 aromatic rings. The van der Waals surface area contributed by atoms with Crippen LogP contribution in [0.25, 0.3) is 0 Å². The maximum Gasteiger partial charge on any atom is 0.441 e. The average molecular weight is 245 g/mol. The van der Waals surface area contributed by atoms with Crippen LogP contribution in [0.5, 0.6) is 0 Å². The van der Waals surface area contributed by atoms with Gasteiger partial charge in [-0.3, -0.25) is 9.69 Å². The van der Waals surface area contributed by atoms with Gasteiger partial charge < -0.3 is 5.11 Å². The second-order valence-electron chi connectivity index (χ2n) is 3.04. The number of thioether (sulfide) groups is 1. The van der Waals surface area contributed by atoms with Crippen LogP contribution in [0.15, 0.2) is 0 Å². The van der Waals surface area contributed by atoms with E-state index in [1.807, 2.05) is 0 Å². The fourth-order valence-electron chi connectivity index (χ4n) is 1.14. The predicted octanol–water partition coefficient (Wildman–Crippen LogP) is 2.03. The van der Waals surface area contributed by atoms with E-state index in [0.29, 0.717) is 6.42 Å². The number of alkyl halides is 3. The molecule has 1 unspecified atom stereocenters. The van der Waals surface area contributed by atoms with Crippen molar-refractivity contribution in [1.29, 1.82) is 0 Å². The number of likely N-dealkylation sites (N-methyl/N-ethyl adjacent to an activating group) is 1. The standard InChI is InChI=1S/C8H14F3NO2S/c1-3-6(7(13)14)12(2)4-5-15-8(9,10)11/h6H,3-5H2,1-2H3,(H,13,14). The molecule has 0 aromatic carbocycles. The maximum atomic E-state index is 11.8. The third kappa shape index (κ3) is 6.62. The molecule has 1 N–H and O–H groups in total. The molecule has 0 aliphatic carbocycles. The second-order valence-corrected chi connectivity index (χ2v) is 4.20. The number of halogens is 3. The second kappa shape index (κ2) is 6.22. The normalized spacial score (nSPS) is 14.3. The van der Waals surface area contributed by atoms with Crippen molar-refractivity contribution in [2.45, 2.75) is 24.9 Å². The topological polar surface area (TPSA) is 40.5 Å². The van der Waals surface area contributed by atoms with Gasteiger partial charge in [0.15, 0.2) is 0 Å². The van der Waals surface area contributed by atoms with Crippen LogP contribution in [0, 0.1) is 0 Å². The van der Waals surface area contributed by atoms with Gasteiger partial charge in [-0.25, -0.2) is 0 Å². The molecule has 3 nitrogen and oxygen atoms in total. The first-order chi connectivity index (χ1) is 6.78. The van der Waals surface area contributed by atoms with E-state index in [2.05, 4.69) is 0 Å². The molecule has 7 heteroatoms. The zero-order valence-corrected chi connectivity index (χ0v) is 9.36. The van der Waals surface area contributed by atoms with Gasteiger partial charge >= 0.3 is 11.5 Å². The fraction of sp³-hybridized carbons (Fsp3) is 0.875. The van der Waals surface area contributed by atoms with Crippen LogP contribution >= 0.6 is 11.8 Å². The highest BCUT2D eigenvalue weighted by Gasteiger charge is 2.28. The highest BCUT2D eigenvalue weighted by atomic mass is 32.2. The summed E-state index contributed by atoms with van der Waals surface area (Å²) in [5, 5.41) is 8.73. The largest absolute Gasteiger partial charge is 0.480 e. The molecule has 15 heavy (non-hydrogen) atoms. The maximum absolute atomic E-state index is 11.8. The summed E-state index contributed by atoms with van der Waals surface area (Å²) in [4.78, 5) is 12.1. The summed E-state index contributed by atoms with van der Waals surface area (Å²) in [7, 11) is 1.51. The Morgan fingerprint density at radius 1 is 1.53 bits per heavy atom. The fourth-order valence-corrected chi connectivity index (χ4v) is 1.75. The molecule has 0 aliphatic heterocycles. The van der Waals surface area contributed by atoms with Crippen LogP contribution in [0.2, 0.25) is 0 Å². The number of carboxylic acids is 1. The number of hydrogen-bond donors (Lipinski definition) is 1. The Hall–Kier alpha value is -0.430. The van der Waals surface area contributed by atoms with E-state index in [1.165, 1.54) is 11.9 Å². The molecule has 0 rings (SSSR count). The van der Waals surface area contributed by atoms with Crippen LogP contribution in [-0.2, 0) is 4.79 Å².